The number of carbonyl (C=O) groups excluding carboxylic acids is 1. The largest absolute Gasteiger partial charge is 0.500 e. The van der Waals surface area contributed by atoms with Crippen molar-refractivity contribution in [1.29, 1.82) is 0 Å². The van der Waals surface area contributed by atoms with Crippen LogP contribution in [0.2, 0.25) is 0 Å². The molecule has 0 aromatic rings. The third-order valence-corrected chi connectivity index (χ3v) is 3.00. The van der Waals surface area contributed by atoms with Crippen LogP contribution in [0.1, 0.15) is 19.3 Å². The second-order valence-electron chi connectivity index (χ2n) is 3.70. The molecule has 1 aliphatic heterocycles. The van der Waals surface area contributed by atoms with E-state index in [0.29, 0.717) is 11.8 Å². The summed E-state index contributed by atoms with van der Waals surface area (Å²) in [5.41, 5.74) is 0.733. The van der Waals surface area contributed by atoms with E-state index < -0.39 is 0 Å². The molecule has 1 saturated carbocycles. The van der Waals surface area contributed by atoms with Gasteiger partial charge in [-0.2, -0.15) is 0 Å². The molecule has 2 unspecified atom stereocenters. The van der Waals surface area contributed by atoms with E-state index in [1.807, 2.05) is 0 Å². The topological polar surface area (TPSA) is 35.5 Å². The molecule has 2 aliphatic rings. The molecule has 0 saturated heterocycles. The summed E-state index contributed by atoms with van der Waals surface area (Å²) in [6.45, 7) is 0.769. The van der Waals surface area contributed by atoms with Crippen LogP contribution in [0.3, 0.4) is 0 Å². The van der Waals surface area contributed by atoms with Crippen molar-refractivity contribution in [3.8, 4) is 0 Å². The molecule has 0 amide bonds. The van der Waals surface area contributed by atoms with Crippen LogP contribution in [-0.2, 0) is 14.3 Å². The van der Waals surface area contributed by atoms with Gasteiger partial charge in [0.15, 0.2) is 0 Å². The van der Waals surface area contributed by atoms with Gasteiger partial charge >= 0.3 is 5.97 Å². The Hall–Kier alpha value is -0.990. The van der Waals surface area contributed by atoms with Crippen LogP contribution in [0.4, 0.5) is 0 Å². The van der Waals surface area contributed by atoms with E-state index in [0.717, 1.165) is 18.6 Å². The highest BCUT2D eigenvalue weighted by atomic mass is 16.5. The average molecular weight is 182 g/mol. The number of methoxy groups -OCH3 is 1. The molecule has 13 heavy (non-hydrogen) atoms. The van der Waals surface area contributed by atoms with Crippen molar-refractivity contribution < 1.29 is 14.3 Å². The Morgan fingerprint density at radius 3 is 3.23 bits per heavy atom. The van der Waals surface area contributed by atoms with Crippen molar-refractivity contribution in [2.75, 3.05) is 13.7 Å². The summed E-state index contributed by atoms with van der Waals surface area (Å²) in [7, 11) is 1.42. The molecule has 3 heteroatoms. The molecule has 2 atom stereocenters. The van der Waals surface area contributed by atoms with E-state index in [9.17, 15) is 4.79 Å². The molecule has 0 aromatic heterocycles. The Morgan fingerprint density at radius 2 is 2.46 bits per heavy atom. The van der Waals surface area contributed by atoms with Gasteiger partial charge < -0.3 is 9.47 Å². The Balaban J connectivity index is 2.16. The third-order valence-electron chi connectivity index (χ3n) is 3.00. The fourth-order valence-corrected chi connectivity index (χ4v) is 2.31. The minimum atomic E-state index is -0.225. The highest BCUT2D eigenvalue weighted by molar-refractivity contribution is 5.88. The molecule has 1 fully saturated rings. The predicted molar refractivity (Wildman–Crippen MR) is 46.9 cm³/mol. The monoisotopic (exact) mass is 182 g/mol. The first kappa shape index (κ1) is 8.60. The lowest BCUT2D eigenvalue weighted by molar-refractivity contribution is -0.137. The highest BCUT2D eigenvalue weighted by Crippen LogP contribution is 2.39. The Morgan fingerprint density at radius 1 is 1.62 bits per heavy atom. The van der Waals surface area contributed by atoms with Gasteiger partial charge in [-0.15, -0.1) is 0 Å². The van der Waals surface area contributed by atoms with Crippen molar-refractivity contribution in [1.82, 2.24) is 0 Å². The van der Waals surface area contributed by atoms with Crippen LogP contribution < -0.4 is 0 Å². The van der Waals surface area contributed by atoms with E-state index in [1.54, 1.807) is 6.26 Å². The lowest BCUT2D eigenvalue weighted by Crippen LogP contribution is -2.25. The fourth-order valence-electron chi connectivity index (χ4n) is 2.31. The Labute approximate surface area is 77.7 Å². The third kappa shape index (κ3) is 1.43. The van der Waals surface area contributed by atoms with Gasteiger partial charge in [0.2, 0.25) is 0 Å². The quantitative estimate of drug-likeness (QED) is 0.576. The van der Waals surface area contributed by atoms with Gasteiger partial charge in [-0.3, -0.25) is 0 Å². The summed E-state index contributed by atoms with van der Waals surface area (Å²) in [5.74, 6) is 0.705. The Bertz CT molecular complexity index is 245. The first-order valence-corrected chi connectivity index (χ1v) is 4.73. The number of rotatable bonds is 1. The van der Waals surface area contributed by atoms with E-state index in [1.165, 1.54) is 20.0 Å². The van der Waals surface area contributed by atoms with Gasteiger partial charge in [0.1, 0.15) is 0 Å². The molecule has 0 radical (unpaired) electrons. The molecular weight excluding hydrogens is 168 g/mol. The van der Waals surface area contributed by atoms with Crippen molar-refractivity contribution in [3.05, 3.63) is 11.8 Å². The van der Waals surface area contributed by atoms with E-state index in [-0.39, 0.29) is 5.97 Å². The SMILES string of the molecule is COC(=O)C1=COCC2CCCC12. The van der Waals surface area contributed by atoms with Gasteiger partial charge in [-0.05, 0) is 12.8 Å². The summed E-state index contributed by atoms with van der Waals surface area (Å²) < 4.78 is 9.97. The lowest BCUT2D eigenvalue weighted by Gasteiger charge is -2.25. The zero-order valence-corrected chi connectivity index (χ0v) is 7.79. The van der Waals surface area contributed by atoms with Gasteiger partial charge in [-0.25, -0.2) is 4.79 Å². The summed E-state index contributed by atoms with van der Waals surface area (Å²) in [6, 6.07) is 0. The number of hydrogen-bond donors (Lipinski definition) is 0. The summed E-state index contributed by atoms with van der Waals surface area (Å²) in [6.07, 6.45) is 5.07. The minimum Gasteiger partial charge on any atom is -0.500 e. The van der Waals surface area contributed by atoms with Gasteiger partial charge in [0, 0.05) is 11.8 Å². The van der Waals surface area contributed by atoms with Crippen molar-refractivity contribution in [2.45, 2.75) is 19.3 Å². The summed E-state index contributed by atoms with van der Waals surface area (Å²) in [5, 5.41) is 0. The highest BCUT2D eigenvalue weighted by Gasteiger charge is 2.36. The fraction of sp³-hybridized carbons (Fsp3) is 0.700. The predicted octanol–water partition coefficient (Wildman–Crippen LogP) is 1.49. The van der Waals surface area contributed by atoms with Crippen molar-refractivity contribution in [2.24, 2.45) is 11.8 Å². The number of hydrogen-bond acceptors (Lipinski definition) is 3. The molecule has 3 nitrogen and oxygen atoms in total. The molecule has 1 aliphatic carbocycles. The molecular formula is C10H14O3. The van der Waals surface area contributed by atoms with Gasteiger partial charge in [-0.1, -0.05) is 6.42 Å². The van der Waals surface area contributed by atoms with E-state index in [4.69, 9.17) is 9.47 Å². The van der Waals surface area contributed by atoms with Crippen LogP contribution in [-0.4, -0.2) is 19.7 Å². The standard InChI is InChI=1S/C10H14O3/c1-12-10(11)9-6-13-5-7-3-2-4-8(7)9/h6-8H,2-5H2,1H3. The molecule has 2 rings (SSSR count). The van der Waals surface area contributed by atoms with E-state index in [2.05, 4.69) is 0 Å². The maximum atomic E-state index is 11.3. The van der Waals surface area contributed by atoms with E-state index >= 15 is 0 Å². The molecule has 72 valence electrons. The summed E-state index contributed by atoms with van der Waals surface area (Å²) in [4.78, 5) is 11.3. The lowest BCUT2D eigenvalue weighted by atomic mass is 9.88. The molecule has 0 bridgehead atoms. The zero-order valence-electron chi connectivity index (χ0n) is 7.79. The van der Waals surface area contributed by atoms with Gasteiger partial charge in [0.05, 0.1) is 25.6 Å². The number of fused-ring (bicyclic) bond motifs is 1. The number of esters is 1. The number of carbonyl (C=O) groups is 1. The summed E-state index contributed by atoms with van der Waals surface area (Å²) >= 11 is 0. The minimum absolute atomic E-state index is 0.225. The Kier molecular flexibility index (Phi) is 2.25. The normalized spacial score (nSPS) is 31.6. The second-order valence-corrected chi connectivity index (χ2v) is 3.70. The molecule has 0 spiro atoms. The molecule has 0 N–H and O–H groups in total. The van der Waals surface area contributed by atoms with Crippen LogP contribution in [0.25, 0.3) is 0 Å². The molecule has 1 heterocycles. The van der Waals surface area contributed by atoms with Crippen LogP contribution in [0.15, 0.2) is 11.8 Å². The molecule has 0 aromatic carbocycles. The van der Waals surface area contributed by atoms with Gasteiger partial charge in [0.25, 0.3) is 0 Å². The average Bonchev–Trinajstić information content (AvgIpc) is 2.63. The van der Waals surface area contributed by atoms with Crippen LogP contribution >= 0.6 is 0 Å². The van der Waals surface area contributed by atoms with Crippen molar-refractivity contribution in [3.63, 3.8) is 0 Å². The maximum absolute atomic E-state index is 11.3. The maximum Gasteiger partial charge on any atom is 0.337 e. The number of ether oxygens (including phenoxy) is 2. The zero-order chi connectivity index (χ0) is 9.26. The van der Waals surface area contributed by atoms with Crippen molar-refractivity contribution >= 4 is 5.97 Å². The second kappa shape index (κ2) is 3.40. The van der Waals surface area contributed by atoms with Crippen LogP contribution in [0.5, 0.6) is 0 Å². The smallest absolute Gasteiger partial charge is 0.337 e. The first-order chi connectivity index (χ1) is 6.33. The van der Waals surface area contributed by atoms with Crippen LogP contribution in [0, 0.1) is 11.8 Å². The first-order valence-electron chi connectivity index (χ1n) is 4.73.